The van der Waals surface area contributed by atoms with Crippen LogP contribution in [0.5, 0.6) is 0 Å². The number of primary amides is 1. The van der Waals surface area contributed by atoms with Crippen LogP contribution in [0.25, 0.3) is 33.4 Å². The quantitative estimate of drug-likeness (QED) is 0.473. The Labute approximate surface area is 179 Å². The fraction of sp³-hybridized carbons (Fsp3) is 0.208. The largest absolute Gasteiger partial charge is 0.390 e. The number of nitrogens with zero attached hydrogens (tertiary/aromatic N) is 3. The maximum atomic E-state index is 12.2. The number of pyridine rings is 1. The third kappa shape index (κ3) is 3.33. The van der Waals surface area contributed by atoms with E-state index in [-0.39, 0.29) is 17.4 Å². The van der Waals surface area contributed by atoms with E-state index in [1.807, 2.05) is 60.7 Å². The Morgan fingerprint density at radius 2 is 1.81 bits per heavy atom. The average molecular weight is 413 g/mol. The van der Waals surface area contributed by atoms with E-state index in [2.05, 4.69) is 5.10 Å². The Bertz CT molecular complexity index is 1300. The average Bonchev–Trinajstić information content (AvgIpc) is 3.09. The lowest BCUT2D eigenvalue weighted by atomic mass is 9.77. The molecule has 0 aliphatic heterocycles. The van der Waals surface area contributed by atoms with Gasteiger partial charge in [-0.05, 0) is 31.9 Å². The molecule has 0 bridgehead atoms. The van der Waals surface area contributed by atoms with Gasteiger partial charge in [-0.15, -0.1) is 0 Å². The van der Waals surface area contributed by atoms with Crippen molar-refractivity contribution in [1.29, 1.82) is 0 Å². The van der Waals surface area contributed by atoms with E-state index in [0.29, 0.717) is 18.5 Å². The first-order valence-electron chi connectivity index (χ1n) is 10.2. The van der Waals surface area contributed by atoms with Crippen molar-refractivity contribution in [3.05, 3.63) is 66.2 Å². The van der Waals surface area contributed by atoms with Crippen LogP contribution in [0.15, 0.2) is 60.7 Å². The normalized spacial score (nSPS) is 20.5. The van der Waals surface area contributed by atoms with E-state index in [0.717, 1.165) is 27.7 Å². The molecular formula is C24H23N5O2. The summed E-state index contributed by atoms with van der Waals surface area (Å²) >= 11 is 0. The highest BCUT2D eigenvalue weighted by Gasteiger charge is 2.41. The summed E-state index contributed by atoms with van der Waals surface area (Å²) in [6.45, 7) is 1.78. The molecule has 0 saturated heterocycles. The first-order valence-corrected chi connectivity index (χ1v) is 10.2. The van der Waals surface area contributed by atoms with Crippen LogP contribution in [0.1, 0.15) is 36.2 Å². The topological polar surface area (TPSA) is 120 Å². The van der Waals surface area contributed by atoms with Gasteiger partial charge in [-0.2, -0.15) is 5.10 Å². The minimum Gasteiger partial charge on any atom is -0.390 e. The molecule has 7 heteroatoms. The standard InChI is InChI=1S/C24H23N5O2/c1-24(31)12-17(13-24)29-22(25)20(23(26)30)21(28-29)16-8-7-15-9-10-18(27-19(15)11-16)14-5-3-2-4-6-14/h2-11,17,31H,12-13,25H2,1H3,(H2,26,30). The number of nitrogen functional groups attached to an aromatic ring is 1. The molecule has 0 spiro atoms. The Morgan fingerprint density at radius 3 is 2.48 bits per heavy atom. The van der Waals surface area contributed by atoms with Crippen molar-refractivity contribution in [2.45, 2.75) is 31.4 Å². The number of hydrogen-bond acceptors (Lipinski definition) is 5. The highest BCUT2D eigenvalue weighted by Crippen LogP contribution is 2.43. The van der Waals surface area contributed by atoms with Crippen LogP contribution in [0.2, 0.25) is 0 Å². The molecule has 2 aromatic heterocycles. The van der Waals surface area contributed by atoms with Gasteiger partial charge < -0.3 is 16.6 Å². The minimum absolute atomic E-state index is 0.0647. The van der Waals surface area contributed by atoms with Gasteiger partial charge in [0.1, 0.15) is 17.1 Å². The van der Waals surface area contributed by atoms with Crippen molar-refractivity contribution in [2.75, 3.05) is 5.73 Å². The fourth-order valence-corrected chi connectivity index (χ4v) is 4.33. The zero-order valence-electron chi connectivity index (χ0n) is 17.1. The Hall–Kier alpha value is -3.71. The van der Waals surface area contributed by atoms with Crippen LogP contribution in [0.3, 0.4) is 0 Å². The maximum absolute atomic E-state index is 12.2. The molecule has 1 fully saturated rings. The van der Waals surface area contributed by atoms with Gasteiger partial charge in [-0.3, -0.25) is 4.79 Å². The van der Waals surface area contributed by atoms with Crippen molar-refractivity contribution in [3.63, 3.8) is 0 Å². The van der Waals surface area contributed by atoms with Crippen molar-refractivity contribution in [2.24, 2.45) is 5.73 Å². The van der Waals surface area contributed by atoms with Crippen molar-refractivity contribution >= 4 is 22.6 Å². The Morgan fingerprint density at radius 1 is 1.10 bits per heavy atom. The summed E-state index contributed by atoms with van der Waals surface area (Å²) in [4.78, 5) is 17.0. The van der Waals surface area contributed by atoms with Crippen LogP contribution >= 0.6 is 0 Å². The predicted octanol–water partition coefficient (Wildman–Crippen LogP) is 3.53. The molecular weight excluding hydrogens is 390 g/mol. The summed E-state index contributed by atoms with van der Waals surface area (Å²) < 4.78 is 1.62. The van der Waals surface area contributed by atoms with Crippen LogP contribution in [-0.2, 0) is 0 Å². The van der Waals surface area contributed by atoms with Gasteiger partial charge in [0.2, 0.25) is 0 Å². The summed E-state index contributed by atoms with van der Waals surface area (Å²) in [5.41, 5.74) is 15.2. The lowest BCUT2D eigenvalue weighted by molar-refractivity contribution is -0.0535. The Balaban J connectivity index is 1.61. The van der Waals surface area contributed by atoms with Gasteiger partial charge in [0.15, 0.2) is 0 Å². The first-order chi connectivity index (χ1) is 14.8. The number of aliphatic hydroxyl groups is 1. The van der Waals surface area contributed by atoms with E-state index >= 15 is 0 Å². The van der Waals surface area contributed by atoms with Gasteiger partial charge >= 0.3 is 0 Å². The summed E-state index contributed by atoms with van der Waals surface area (Å²) in [7, 11) is 0. The molecule has 5 rings (SSSR count). The molecule has 5 N–H and O–H groups in total. The van der Waals surface area contributed by atoms with E-state index in [4.69, 9.17) is 16.5 Å². The molecule has 1 aliphatic carbocycles. The summed E-state index contributed by atoms with van der Waals surface area (Å²) in [6.07, 6.45) is 1.05. The van der Waals surface area contributed by atoms with Crippen LogP contribution in [-0.4, -0.2) is 31.4 Å². The van der Waals surface area contributed by atoms with Gasteiger partial charge in [-0.1, -0.05) is 48.5 Å². The number of aromatic nitrogens is 3. The van der Waals surface area contributed by atoms with Gasteiger partial charge in [0.05, 0.1) is 22.9 Å². The molecule has 4 aromatic rings. The summed E-state index contributed by atoms with van der Waals surface area (Å²) in [5, 5.41) is 15.7. The number of benzene rings is 2. The second-order valence-electron chi connectivity index (χ2n) is 8.45. The van der Waals surface area contributed by atoms with Crippen LogP contribution in [0, 0.1) is 0 Å². The predicted molar refractivity (Wildman–Crippen MR) is 120 cm³/mol. The lowest BCUT2D eigenvalue weighted by Crippen LogP contribution is -2.42. The maximum Gasteiger partial charge on any atom is 0.254 e. The number of amides is 1. The number of rotatable bonds is 4. The first kappa shape index (κ1) is 19.3. The molecule has 1 aliphatic rings. The van der Waals surface area contributed by atoms with E-state index in [9.17, 15) is 9.90 Å². The highest BCUT2D eigenvalue weighted by atomic mass is 16.3. The SMILES string of the molecule is CC1(O)CC(n2nc(-c3ccc4ccc(-c5ccccc5)nc4c3)c(C(N)=O)c2N)C1. The van der Waals surface area contributed by atoms with Gasteiger partial charge in [0, 0.05) is 16.5 Å². The molecule has 1 amide bonds. The van der Waals surface area contributed by atoms with Crippen LogP contribution in [0.4, 0.5) is 5.82 Å². The van der Waals surface area contributed by atoms with E-state index in [1.165, 1.54) is 0 Å². The number of anilines is 1. The fourth-order valence-electron chi connectivity index (χ4n) is 4.33. The number of carbonyl (C=O) groups excluding carboxylic acids is 1. The zero-order valence-corrected chi connectivity index (χ0v) is 17.1. The molecule has 0 radical (unpaired) electrons. The molecule has 7 nitrogen and oxygen atoms in total. The van der Waals surface area contributed by atoms with E-state index < -0.39 is 11.5 Å². The molecule has 1 saturated carbocycles. The zero-order chi connectivity index (χ0) is 21.8. The molecule has 31 heavy (non-hydrogen) atoms. The molecule has 0 unspecified atom stereocenters. The molecule has 156 valence electrons. The number of hydrogen-bond donors (Lipinski definition) is 3. The van der Waals surface area contributed by atoms with E-state index in [1.54, 1.807) is 11.6 Å². The minimum atomic E-state index is -0.739. The number of carbonyl (C=O) groups is 1. The van der Waals surface area contributed by atoms with Crippen molar-refractivity contribution in [1.82, 2.24) is 14.8 Å². The second kappa shape index (κ2) is 6.92. The highest BCUT2D eigenvalue weighted by molar-refractivity contribution is 6.04. The third-order valence-corrected chi connectivity index (χ3v) is 5.93. The Kier molecular flexibility index (Phi) is 4.30. The third-order valence-electron chi connectivity index (χ3n) is 5.93. The smallest absolute Gasteiger partial charge is 0.254 e. The molecule has 2 aromatic carbocycles. The number of nitrogens with two attached hydrogens (primary N) is 2. The van der Waals surface area contributed by atoms with Crippen molar-refractivity contribution in [3.8, 4) is 22.5 Å². The number of fused-ring (bicyclic) bond motifs is 1. The monoisotopic (exact) mass is 413 g/mol. The van der Waals surface area contributed by atoms with Gasteiger partial charge in [0.25, 0.3) is 5.91 Å². The molecule has 0 atom stereocenters. The van der Waals surface area contributed by atoms with Crippen molar-refractivity contribution < 1.29 is 9.90 Å². The second-order valence-corrected chi connectivity index (χ2v) is 8.45. The summed E-state index contributed by atoms with van der Waals surface area (Å²) in [6, 6.07) is 19.6. The van der Waals surface area contributed by atoms with Gasteiger partial charge in [-0.25, -0.2) is 9.67 Å². The molecule has 2 heterocycles. The van der Waals surface area contributed by atoms with Crippen LogP contribution < -0.4 is 11.5 Å². The summed E-state index contributed by atoms with van der Waals surface area (Å²) in [5.74, 6) is -0.398. The lowest BCUT2D eigenvalue weighted by Gasteiger charge is -2.41.